The standard InChI is InChI=1S/C14H19ClFNO2/c1-10(11-2-3-13(16)12(15)8-11)17-9-14(18)4-6-19-7-5-14/h2-3,8,10,17-18H,4-7,9H2,1H3. The molecule has 1 heterocycles. The van der Waals surface area contributed by atoms with Crippen molar-refractivity contribution in [2.75, 3.05) is 19.8 Å². The number of nitrogens with one attached hydrogen (secondary N) is 1. The van der Waals surface area contributed by atoms with Gasteiger partial charge in [-0.25, -0.2) is 4.39 Å². The van der Waals surface area contributed by atoms with Crippen LogP contribution < -0.4 is 5.32 Å². The lowest BCUT2D eigenvalue weighted by molar-refractivity contribution is -0.0626. The number of halogens is 2. The lowest BCUT2D eigenvalue weighted by Crippen LogP contribution is -2.45. The van der Waals surface area contributed by atoms with Crippen LogP contribution in [0, 0.1) is 5.82 Å². The summed E-state index contributed by atoms with van der Waals surface area (Å²) in [7, 11) is 0. The lowest BCUT2D eigenvalue weighted by atomic mass is 9.94. The maximum Gasteiger partial charge on any atom is 0.141 e. The number of aliphatic hydroxyl groups is 1. The van der Waals surface area contributed by atoms with E-state index in [0.29, 0.717) is 32.6 Å². The van der Waals surface area contributed by atoms with Crippen molar-refractivity contribution in [2.45, 2.75) is 31.4 Å². The van der Waals surface area contributed by atoms with Gasteiger partial charge >= 0.3 is 0 Å². The first kappa shape index (κ1) is 14.7. The van der Waals surface area contributed by atoms with E-state index < -0.39 is 11.4 Å². The third-order valence-electron chi connectivity index (χ3n) is 3.60. The number of benzene rings is 1. The van der Waals surface area contributed by atoms with E-state index in [0.717, 1.165) is 5.56 Å². The van der Waals surface area contributed by atoms with Crippen LogP contribution in [0.5, 0.6) is 0 Å². The minimum atomic E-state index is -0.712. The van der Waals surface area contributed by atoms with Crippen LogP contribution >= 0.6 is 11.6 Å². The lowest BCUT2D eigenvalue weighted by Gasteiger charge is -2.33. The molecular formula is C14H19ClFNO2. The van der Waals surface area contributed by atoms with Crippen molar-refractivity contribution in [3.05, 3.63) is 34.6 Å². The average Bonchev–Trinajstić information content (AvgIpc) is 2.40. The van der Waals surface area contributed by atoms with Gasteiger partial charge in [-0.2, -0.15) is 0 Å². The number of hydrogen-bond acceptors (Lipinski definition) is 3. The van der Waals surface area contributed by atoms with E-state index in [1.54, 1.807) is 12.1 Å². The molecule has 0 bridgehead atoms. The van der Waals surface area contributed by atoms with Gasteiger partial charge in [-0.3, -0.25) is 0 Å². The Morgan fingerprint density at radius 2 is 2.16 bits per heavy atom. The highest BCUT2D eigenvalue weighted by atomic mass is 35.5. The van der Waals surface area contributed by atoms with Crippen LogP contribution in [0.15, 0.2) is 18.2 Å². The van der Waals surface area contributed by atoms with Gasteiger partial charge in [0.2, 0.25) is 0 Å². The SMILES string of the molecule is CC(NCC1(O)CCOCC1)c1ccc(F)c(Cl)c1. The van der Waals surface area contributed by atoms with Gasteiger partial charge in [0.05, 0.1) is 10.6 Å². The fraction of sp³-hybridized carbons (Fsp3) is 0.571. The summed E-state index contributed by atoms with van der Waals surface area (Å²) < 4.78 is 18.3. The van der Waals surface area contributed by atoms with Gasteiger partial charge in [0.1, 0.15) is 5.82 Å². The number of ether oxygens (including phenoxy) is 1. The van der Waals surface area contributed by atoms with E-state index in [1.165, 1.54) is 6.07 Å². The summed E-state index contributed by atoms with van der Waals surface area (Å²) in [5.41, 5.74) is 0.193. The van der Waals surface area contributed by atoms with Gasteiger partial charge in [-0.1, -0.05) is 17.7 Å². The summed E-state index contributed by atoms with van der Waals surface area (Å²) in [6, 6.07) is 4.68. The summed E-state index contributed by atoms with van der Waals surface area (Å²) in [5, 5.41) is 13.7. The van der Waals surface area contributed by atoms with Gasteiger partial charge in [-0.05, 0) is 24.6 Å². The zero-order valence-corrected chi connectivity index (χ0v) is 11.7. The quantitative estimate of drug-likeness (QED) is 0.895. The molecule has 2 N–H and O–H groups in total. The summed E-state index contributed by atoms with van der Waals surface area (Å²) in [6.45, 7) is 3.64. The normalized spacial score (nSPS) is 20.2. The highest BCUT2D eigenvalue weighted by molar-refractivity contribution is 6.30. The predicted molar refractivity (Wildman–Crippen MR) is 72.8 cm³/mol. The molecule has 1 aliphatic heterocycles. The van der Waals surface area contributed by atoms with Crippen LogP contribution in [0.4, 0.5) is 4.39 Å². The molecule has 0 radical (unpaired) electrons. The summed E-state index contributed by atoms with van der Waals surface area (Å²) in [5.74, 6) is -0.416. The van der Waals surface area contributed by atoms with Crippen molar-refractivity contribution >= 4 is 11.6 Å². The predicted octanol–water partition coefficient (Wildman–Crippen LogP) is 2.67. The second-order valence-corrected chi connectivity index (χ2v) is 5.52. The Morgan fingerprint density at radius 1 is 1.47 bits per heavy atom. The highest BCUT2D eigenvalue weighted by Gasteiger charge is 2.29. The average molecular weight is 288 g/mol. The van der Waals surface area contributed by atoms with E-state index in [9.17, 15) is 9.50 Å². The molecule has 19 heavy (non-hydrogen) atoms. The summed E-state index contributed by atoms with van der Waals surface area (Å²) in [4.78, 5) is 0. The Kier molecular flexibility index (Phi) is 4.79. The fourth-order valence-electron chi connectivity index (χ4n) is 2.17. The third kappa shape index (κ3) is 3.89. The first-order valence-electron chi connectivity index (χ1n) is 6.49. The van der Waals surface area contributed by atoms with Crippen LogP contribution in [0.3, 0.4) is 0 Å². The molecule has 3 nitrogen and oxygen atoms in total. The van der Waals surface area contributed by atoms with E-state index in [2.05, 4.69) is 5.32 Å². The molecular weight excluding hydrogens is 269 g/mol. The van der Waals surface area contributed by atoms with E-state index >= 15 is 0 Å². The summed E-state index contributed by atoms with van der Waals surface area (Å²) >= 11 is 5.77. The Hall–Kier alpha value is -0.680. The van der Waals surface area contributed by atoms with Gasteiger partial charge in [0.15, 0.2) is 0 Å². The van der Waals surface area contributed by atoms with Crippen molar-refractivity contribution in [1.82, 2.24) is 5.32 Å². The molecule has 0 saturated carbocycles. The second-order valence-electron chi connectivity index (χ2n) is 5.11. The largest absolute Gasteiger partial charge is 0.388 e. The van der Waals surface area contributed by atoms with Crippen molar-refractivity contribution < 1.29 is 14.2 Å². The third-order valence-corrected chi connectivity index (χ3v) is 3.89. The highest BCUT2D eigenvalue weighted by Crippen LogP contribution is 2.23. The van der Waals surface area contributed by atoms with Gasteiger partial charge in [-0.15, -0.1) is 0 Å². The Labute approximate surface area is 117 Å². The van der Waals surface area contributed by atoms with Crippen molar-refractivity contribution in [2.24, 2.45) is 0 Å². The van der Waals surface area contributed by atoms with Crippen LogP contribution in [0.2, 0.25) is 5.02 Å². The number of hydrogen-bond donors (Lipinski definition) is 2. The van der Waals surface area contributed by atoms with Gasteiger partial charge in [0.25, 0.3) is 0 Å². The molecule has 0 spiro atoms. The molecule has 1 unspecified atom stereocenters. The summed E-state index contributed by atoms with van der Waals surface area (Å²) in [6.07, 6.45) is 1.27. The molecule has 1 aromatic rings. The Bertz CT molecular complexity index is 435. The monoisotopic (exact) mass is 287 g/mol. The minimum absolute atomic E-state index is 0.00460. The van der Waals surface area contributed by atoms with E-state index in [-0.39, 0.29) is 11.1 Å². The van der Waals surface area contributed by atoms with Gasteiger partial charge in [0, 0.05) is 38.6 Å². The smallest absolute Gasteiger partial charge is 0.141 e. The molecule has 1 saturated heterocycles. The fourth-order valence-corrected chi connectivity index (χ4v) is 2.36. The zero-order valence-electron chi connectivity index (χ0n) is 11.0. The molecule has 106 valence electrons. The van der Waals surface area contributed by atoms with Crippen LogP contribution in [0.1, 0.15) is 31.4 Å². The Balaban J connectivity index is 1.93. The molecule has 1 fully saturated rings. The van der Waals surface area contributed by atoms with Crippen LogP contribution in [-0.4, -0.2) is 30.5 Å². The first-order chi connectivity index (χ1) is 9.00. The second kappa shape index (κ2) is 6.18. The van der Waals surface area contributed by atoms with Gasteiger partial charge < -0.3 is 15.2 Å². The molecule has 0 aromatic heterocycles. The Morgan fingerprint density at radius 3 is 2.79 bits per heavy atom. The van der Waals surface area contributed by atoms with Crippen molar-refractivity contribution in [1.29, 1.82) is 0 Å². The molecule has 1 atom stereocenters. The van der Waals surface area contributed by atoms with E-state index in [4.69, 9.17) is 16.3 Å². The maximum absolute atomic E-state index is 13.1. The zero-order chi connectivity index (χ0) is 13.9. The molecule has 2 rings (SSSR count). The molecule has 0 amide bonds. The molecule has 0 aliphatic carbocycles. The van der Waals surface area contributed by atoms with E-state index in [1.807, 2.05) is 6.92 Å². The van der Waals surface area contributed by atoms with Crippen LogP contribution in [0.25, 0.3) is 0 Å². The number of rotatable bonds is 4. The first-order valence-corrected chi connectivity index (χ1v) is 6.86. The van der Waals surface area contributed by atoms with Crippen LogP contribution in [-0.2, 0) is 4.74 Å². The van der Waals surface area contributed by atoms with Crippen molar-refractivity contribution in [3.63, 3.8) is 0 Å². The maximum atomic E-state index is 13.1. The molecule has 1 aromatic carbocycles. The van der Waals surface area contributed by atoms with Crippen molar-refractivity contribution in [3.8, 4) is 0 Å². The molecule has 1 aliphatic rings. The minimum Gasteiger partial charge on any atom is -0.388 e. The topological polar surface area (TPSA) is 41.5 Å². The molecule has 5 heteroatoms.